The average Bonchev–Trinajstić information content (AvgIpc) is 2.57. The molecule has 2 rings (SSSR count). The zero-order chi connectivity index (χ0) is 17.7. The molecular weight excluding hydrogens is 312 g/mol. The lowest BCUT2D eigenvalue weighted by Crippen LogP contribution is -2.29. The first-order valence-electron chi connectivity index (χ1n) is 7.01. The third kappa shape index (κ3) is 4.10. The van der Waals surface area contributed by atoms with Crippen molar-refractivity contribution < 1.29 is 24.2 Å². The van der Waals surface area contributed by atoms with Crippen molar-refractivity contribution in [3.63, 3.8) is 0 Å². The van der Waals surface area contributed by atoms with Gasteiger partial charge in [0.05, 0.1) is 12.7 Å². The van der Waals surface area contributed by atoms with E-state index >= 15 is 0 Å². The van der Waals surface area contributed by atoms with Crippen LogP contribution in [0.4, 0.5) is 11.4 Å². The van der Waals surface area contributed by atoms with Gasteiger partial charge in [-0.3, -0.25) is 9.59 Å². The van der Waals surface area contributed by atoms with Crippen LogP contribution < -0.4 is 10.6 Å². The summed E-state index contributed by atoms with van der Waals surface area (Å²) in [4.78, 5) is 35.1. The van der Waals surface area contributed by atoms with Gasteiger partial charge in [-0.05, 0) is 55.0 Å². The van der Waals surface area contributed by atoms with Crippen molar-refractivity contribution in [3.8, 4) is 5.75 Å². The molecule has 0 aliphatic rings. The van der Waals surface area contributed by atoms with E-state index in [0.29, 0.717) is 22.5 Å². The Morgan fingerprint density at radius 2 is 1.58 bits per heavy atom. The maximum absolute atomic E-state index is 11.9. The highest BCUT2D eigenvalue weighted by molar-refractivity contribution is 6.43. The van der Waals surface area contributed by atoms with E-state index in [4.69, 9.17) is 0 Å². The molecule has 2 amide bonds. The number of ether oxygens (including phenoxy) is 1. The van der Waals surface area contributed by atoms with Crippen molar-refractivity contribution in [3.05, 3.63) is 53.6 Å². The smallest absolute Gasteiger partial charge is 0.337 e. The molecule has 0 aliphatic carbocycles. The lowest BCUT2D eigenvalue weighted by atomic mass is 10.2. The highest BCUT2D eigenvalue weighted by Crippen LogP contribution is 2.20. The van der Waals surface area contributed by atoms with Gasteiger partial charge in [0.25, 0.3) is 0 Å². The van der Waals surface area contributed by atoms with Gasteiger partial charge in [-0.15, -0.1) is 0 Å². The van der Waals surface area contributed by atoms with E-state index in [0.717, 1.165) is 0 Å². The van der Waals surface area contributed by atoms with Gasteiger partial charge >= 0.3 is 17.8 Å². The maximum Gasteiger partial charge on any atom is 0.337 e. The van der Waals surface area contributed by atoms with Crippen molar-refractivity contribution in [2.75, 3.05) is 17.7 Å². The molecule has 0 bridgehead atoms. The van der Waals surface area contributed by atoms with Crippen LogP contribution in [0.5, 0.6) is 5.75 Å². The molecule has 24 heavy (non-hydrogen) atoms. The number of esters is 1. The Labute approximate surface area is 138 Å². The second-order valence-electron chi connectivity index (χ2n) is 4.98. The highest BCUT2D eigenvalue weighted by Gasteiger charge is 2.15. The zero-order valence-electron chi connectivity index (χ0n) is 13.1. The van der Waals surface area contributed by atoms with Gasteiger partial charge in [0.15, 0.2) is 0 Å². The fourth-order valence-corrected chi connectivity index (χ4v) is 1.96. The molecule has 0 radical (unpaired) electrons. The zero-order valence-corrected chi connectivity index (χ0v) is 13.1. The van der Waals surface area contributed by atoms with Gasteiger partial charge in [0, 0.05) is 11.4 Å². The normalized spacial score (nSPS) is 9.92. The third-order valence-corrected chi connectivity index (χ3v) is 3.23. The Morgan fingerprint density at radius 3 is 2.17 bits per heavy atom. The van der Waals surface area contributed by atoms with E-state index in [1.807, 2.05) is 0 Å². The van der Waals surface area contributed by atoms with Crippen LogP contribution in [-0.2, 0) is 14.3 Å². The number of aromatic hydroxyl groups is 1. The van der Waals surface area contributed by atoms with Crippen LogP contribution in [0, 0.1) is 6.92 Å². The second kappa shape index (κ2) is 7.28. The summed E-state index contributed by atoms with van der Waals surface area (Å²) >= 11 is 0. The standard InChI is InChI=1S/C17H16N2O5/c1-10-9-13(20)7-8-14(10)19-16(22)15(21)18-12-5-3-11(4-6-12)17(23)24-2/h3-9,20H,1-2H3,(H,18,21)(H,19,22). The molecule has 0 aromatic heterocycles. The number of phenols is 1. The quantitative estimate of drug-likeness (QED) is 0.454. The molecule has 2 aromatic rings. The fraction of sp³-hybridized carbons (Fsp3) is 0.118. The van der Waals surface area contributed by atoms with E-state index in [2.05, 4.69) is 15.4 Å². The molecule has 7 heteroatoms. The number of aryl methyl sites for hydroxylation is 1. The molecular formula is C17H16N2O5. The number of anilines is 2. The van der Waals surface area contributed by atoms with E-state index in [1.54, 1.807) is 6.92 Å². The van der Waals surface area contributed by atoms with Crippen molar-refractivity contribution in [2.24, 2.45) is 0 Å². The van der Waals surface area contributed by atoms with Crippen LogP contribution in [0.3, 0.4) is 0 Å². The Balaban J connectivity index is 2.01. The Hall–Kier alpha value is -3.35. The predicted octanol–water partition coefficient (Wildman–Crippen LogP) is 2.06. The Kier molecular flexibility index (Phi) is 5.16. The van der Waals surface area contributed by atoms with Crippen molar-refractivity contribution in [2.45, 2.75) is 6.92 Å². The van der Waals surface area contributed by atoms with E-state index in [9.17, 15) is 19.5 Å². The fourth-order valence-electron chi connectivity index (χ4n) is 1.96. The Morgan fingerprint density at radius 1 is 0.958 bits per heavy atom. The van der Waals surface area contributed by atoms with E-state index in [1.165, 1.54) is 49.6 Å². The van der Waals surface area contributed by atoms with Crippen LogP contribution >= 0.6 is 0 Å². The minimum absolute atomic E-state index is 0.0700. The number of amides is 2. The summed E-state index contributed by atoms with van der Waals surface area (Å²) in [7, 11) is 1.27. The first kappa shape index (κ1) is 17.0. The van der Waals surface area contributed by atoms with Gasteiger partial charge in [-0.1, -0.05) is 0 Å². The van der Waals surface area contributed by atoms with Crippen molar-refractivity contribution >= 4 is 29.2 Å². The van der Waals surface area contributed by atoms with E-state index in [-0.39, 0.29) is 5.75 Å². The molecule has 0 heterocycles. The number of carbonyl (C=O) groups is 3. The lowest BCUT2D eigenvalue weighted by molar-refractivity contribution is -0.133. The first-order valence-corrected chi connectivity index (χ1v) is 7.01. The minimum Gasteiger partial charge on any atom is -0.508 e. The number of hydrogen-bond donors (Lipinski definition) is 3. The number of rotatable bonds is 3. The number of benzene rings is 2. The SMILES string of the molecule is COC(=O)c1ccc(NC(=O)C(=O)Nc2ccc(O)cc2C)cc1. The van der Waals surface area contributed by atoms with Gasteiger partial charge in [0.2, 0.25) is 0 Å². The summed E-state index contributed by atoms with van der Waals surface area (Å²) < 4.78 is 4.57. The monoisotopic (exact) mass is 328 g/mol. The highest BCUT2D eigenvalue weighted by atomic mass is 16.5. The molecule has 0 spiro atoms. The predicted molar refractivity (Wildman–Crippen MR) is 87.9 cm³/mol. The number of phenolic OH excluding ortho intramolecular Hbond substituents is 1. The molecule has 7 nitrogen and oxygen atoms in total. The van der Waals surface area contributed by atoms with Crippen LogP contribution in [0.15, 0.2) is 42.5 Å². The topological polar surface area (TPSA) is 105 Å². The molecule has 0 fully saturated rings. The molecule has 0 saturated carbocycles. The van der Waals surface area contributed by atoms with Crippen molar-refractivity contribution in [1.82, 2.24) is 0 Å². The number of carbonyl (C=O) groups excluding carboxylic acids is 3. The first-order chi connectivity index (χ1) is 11.4. The molecule has 0 atom stereocenters. The van der Waals surface area contributed by atoms with Gasteiger partial charge in [-0.25, -0.2) is 4.79 Å². The second-order valence-corrected chi connectivity index (χ2v) is 4.98. The third-order valence-electron chi connectivity index (χ3n) is 3.23. The summed E-state index contributed by atoms with van der Waals surface area (Å²) in [5, 5.41) is 14.2. The summed E-state index contributed by atoms with van der Waals surface area (Å²) in [6, 6.07) is 10.3. The van der Waals surface area contributed by atoms with Crippen molar-refractivity contribution in [1.29, 1.82) is 0 Å². The number of hydrogen-bond acceptors (Lipinski definition) is 5. The van der Waals surface area contributed by atoms with E-state index < -0.39 is 17.8 Å². The van der Waals surface area contributed by atoms with Crippen LogP contribution in [-0.4, -0.2) is 30.0 Å². The van der Waals surface area contributed by atoms with Crippen LogP contribution in [0.1, 0.15) is 15.9 Å². The molecule has 124 valence electrons. The molecule has 0 aliphatic heterocycles. The van der Waals surface area contributed by atoms with Crippen LogP contribution in [0.25, 0.3) is 0 Å². The Bertz CT molecular complexity index is 784. The lowest BCUT2D eigenvalue weighted by Gasteiger charge is -2.09. The van der Waals surface area contributed by atoms with Gasteiger partial charge in [-0.2, -0.15) is 0 Å². The summed E-state index contributed by atoms with van der Waals surface area (Å²) in [5.74, 6) is -2.12. The molecule has 0 saturated heterocycles. The molecule has 2 aromatic carbocycles. The number of nitrogens with one attached hydrogen (secondary N) is 2. The number of methoxy groups -OCH3 is 1. The minimum atomic E-state index is -0.853. The van der Waals surface area contributed by atoms with Crippen LogP contribution in [0.2, 0.25) is 0 Å². The summed E-state index contributed by atoms with van der Waals surface area (Å²) in [6.45, 7) is 1.69. The molecule has 3 N–H and O–H groups in total. The maximum atomic E-state index is 11.9. The van der Waals surface area contributed by atoms with Gasteiger partial charge < -0.3 is 20.5 Å². The summed E-state index contributed by atoms with van der Waals surface area (Å²) in [5.41, 5.74) is 1.75. The molecule has 0 unspecified atom stereocenters. The average molecular weight is 328 g/mol. The largest absolute Gasteiger partial charge is 0.508 e. The summed E-state index contributed by atoms with van der Waals surface area (Å²) in [6.07, 6.45) is 0. The van der Waals surface area contributed by atoms with Gasteiger partial charge in [0.1, 0.15) is 5.75 Å².